The number of benzene rings is 1. The third kappa shape index (κ3) is 3.80. The van der Waals surface area contributed by atoms with Crippen molar-refractivity contribution in [2.75, 3.05) is 11.1 Å². The van der Waals surface area contributed by atoms with Gasteiger partial charge in [-0.2, -0.15) is 0 Å². The smallest absolute Gasteiger partial charge is 0.295 e. The number of rotatable bonds is 7. The minimum atomic E-state index is -0.254. The van der Waals surface area contributed by atoms with E-state index in [0.29, 0.717) is 17.4 Å². The average Bonchev–Trinajstić information content (AvgIpc) is 3.24. The molecule has 5 rings (SSSR count). The van der Waals surface area contributed by atoms with Gasteiger partial charge in [0, 0.05) is 13.1 Å². The molecule has 4 aromatic rings. The first-order valence-corrected chi connectivity index (χ1v) is 12.2. The standard InChI is InChI=1S/C22H22N6O2S2/c1-14-19(21(30)28(26(14)2)16-7-4-3-5-8-16)23-18(29)13-32-22-25-24-20(17-9-6-12-31-17)27(22)15-10-11-15/h3-9,12,15H,10-11,13H2,1-2H3,(H,23,29). The summed E-state index contributed by atoms with van der Waals surface area (Å²) < 4.78 is 5.44. The van der Waals surface area contributed by atoms with Crippen LogP contribution in [0.3, 0.4) is 0 Å². The predicted octanol–water partition coefficient (Wildman–Crippen LogP) is 3.87. The summed E-state index contributed by atoms with van der Waals surface area (Å²) in [6.45, 7) is 1.82. The number of hydrogen-bond acceptors (Lipinski definition) is 6. The predicted molar refractivity (Wildman–Crippen MR) is 127 cm³/mol. The Morgan fingerprint density at radius 1 is 1.19 bits per heavy atom. The van der Waals surface area contributed by atoms with E-state index in [1.54, 1.807) is 27.7 Å². The van der Waals surface area contributed by atoms with E-state index in [1.807, 2.05) is 54.8 Å². The molecule has 1 N–H and O–H groups in total. The van der Waals surface area contributed by atoms with Gasteiger partial charge in [0.15, 0.2) is 11.0 Å². The number of hydrogen-bond donors (Lipinski definition) is 1. The molecule has 1 fully saturated rings. The molecule has 0 unspecified atom stereocenters. The quantitative estimate of drug-likeness (QED) is 0.418. The van der Waals surface area contributed by atoms with Crippen LogP contribution >= 0.6 is 23.1 Å². The lowest BCUT2D eigenvalue weighted by Crippen LogP contribution is -2.23. The maximum absolute atomic E-state index is 13.0. The summed E-state index contributed by atoms with van der Waals surface area (Å²) in [5.41, 5.74) is 1.48. The number of nitrogens with one attached hydrogen (secondary N) is 1. The summed E-state index contributed by atoms with van der Waals surface area (Å²) >= 11 is 2.97. The molecule has 0 bridgehead atoms. The molecule has 3 heterocycles. The van der Waals surface area contributed by atoms with E-state index in [1.165, 1.54) is 11.8 Å². The van der Waals surface area contributed by atoms with Crippen molar-refractivity contribution in [2.45, 2.75) is 31.0 Å². The molecule has 0 saturated heterocycles. The van der Waals surface area contributed by atoms with Crippen LogP contribution in [0.4, 0.5) is 5.69 Å². The van der Waals surface area contributed by atoms with E-state index in [0.717, 1.165) is 34.4 Å². The van der Waals surface area contributed by atoms with Crippen molar-refractivity contribution < 1.29 is 4.79 Å². The van der Waals surface area contributed by atoms with Gasteiger partial charge in [-0.3, -0.25) is 18.8 Å². The third-order valence-electron chi connectivity index (χ3n) is 5.47. The second kappa shape index (κ2) is 8.44. The minimum absolute atomic E-state index is 0.147. The van der Waals surface area contributed by atoms with Crippen molar-refractivity contribution in [1.29, 1.82) is 0 Å². The number of para-hydroxylation sites is 1. The first-order chi connectivity index (χ1) is 15.5. The van der Waals surface area contributed by atoms with E-state index in [9.17, 15) is 9.59 Å². The van der Waals surface area contributed by atoms with Gasteiger partial charge in [0.1, 0.15) is 5.69 Å². The maximum atomic E-state index is 13.0. The summed E-state index contributed by atoms with van der Waals surface area (Å²) in [5, 5.41) is 14.3. The second-order valence-corrected chi connectivity index (χ2v) is 9.55. The number of anilines is 1. The zero-order valence-electron chi connectivity index (χ0n) is 17.7. The topological polar surface area (TPSA) is 86.7 Å². The first kappa shape index (κ1) is 20.8. The van der Waals surface area contributed by atoms with Crippen LogP contribution in [0.2, 0.25) is 0 Å². The van der Waals surface area contributed by atoms with Gasteiger partial charge in [-0.25, -0.2) is 4.68 Å². The molecule has 10 heteroatoms. The van der Waals surface area contributed by atoms with Gasteiger partial charge >= 0.3 is 0 Å². The fourth-order valence-corrected chi connectivity index (χ4v) is 5.14. The Labute approximate surface area is 192 Å². The molecule has 1 aromatic carbocycles. The zero-order chi connectivity index (χ0) is 22.2. The summed E-state index contributed by atoms with van der Waals surface area (Å²) in [6.07, 6.45) is 2.19. The molecule has 0 spiro atoms. The fourth-order valence-electron chi connectivity index (χ4n) is 3.63. The van der Waals surface area contributed by atoms with Crippen molar-refractivity contribution in [3.05, 3.63) is 63.9 Å². The van der Waals surface area contributed by atoms with Crippen molar-refractivity contribution in [3.63, 3.8) is 0 Å². The maximum Gasteiger partial charge on any atom is 0.295 e. The van der Waals surface area contributed by atoms with Crippen LogP contribution in [-0.4, -0.2) is 35.8 Å². The largest absolute Gasteiger partial charge is 0.319 e. The molecule has 1 saturated carbocycles. The van der Waals surface area contributed by atoms with E-state index < -0.39 is 0 Å². The number of carbonyl (C=O) groups excluding carboxylic acids is 1. The van der Waals surface area contributed by atoms with E-state index in [4.69, 9.17) is 0 Å². The Kier molecular flexibility index (Phi) is 5.48. The molecular formula is C22H22N6O2S2. The molecule has 0 aliphatic heterocycles. The lowest BCUT2D eigenvalue weighted by Gasteiger charge is -2.08. The molecule has 1 aliphatic carbocycles. The van der Waals surface area contributed by atoms with Gasteiger partial charge in [0.05, 0.1) is 22.0 Å². The van der Waals surface area contributed by atoms with E-state index in [-0.39, 0.29) is 17.2 Å². The Morgan fingerprint density at radius 3 is 2.66 bits per heavy atom. The number of thiophene rings is 1. The van der Waals surface area contributed by atoms with Gasteiger partial charge in [0.25, 0.3) is 5.56 Å². The Balaban J connectivity index is 1.33. The monoisotopic (exact) mass is 466 g/mol. The van der Waals surface area contributed by atoms with Crippen LogP contribution in [-0.2, 0) is 11.8 Å². The fraction of sp³-hybridized carbons (Fsp3) is 0.273. The number of thioether (sulfide) groups is 1. The van der Waals surface area contributed by atoms with E-state index >= 15 is 0 Å². The minimum Gasteiger partial charge on any atom is -0.319 e. The molecule has 1 aliphatic rings. The highest BCUT2D eigenvalue weighted by Crippen LogP contribution is 2.41. The normalized spacial score (nSPS) is 13.4. The first-order valence-electron chi connectivity index (χ1n) is 10.3. The van der Waals surface area contributed by atoms with Crippen LogP contribution in [0, 0.1) is 6.92 Å². The van der Waals surface area contributed by atoms with Crippen molar-refractivity contribution >= 4 is 34.7 Å². The Hall–Kier alpha value is -3.11. The summed E-state index contributed by atoms with van der Waals surface area (Å²) in [7, 11) is 1.80. The molecule has 8 nitrogen and oxygen atoms in total. The SMILES string of the molecule is Cc1c(NC(=O)CSc2nnc(-c3cccs3)n2C2CC2)c(=O)n(-c2ccccc2)n1C. The van der Waals surface area contributed by atoms with E-state index in [2.05, 4.69) is 20.1 Å². The molecule has 1 amide bonds. The van der Waals surface area contributed by atoms with Crippen LogP contribution in [0.1, 0.15) is 24.6 Å². The van der Waals surface area contributed by atoms with Crippen molar-refractivity contribution in [2.24, 2.45) is 7.05 Å². The van der Waals surface area contributed by atoms with Crippen LogP contribution < -0.4 is 10.9 Å². The Morgan fingerprint density at radius 2 is 1.97 bits per heavy atom. The second-order valence-electron chi connectivity index (χ2n) is 7.66. The molecule has 3 aromatic heterocycles. The number of nitrogens with zero attached hydrogens (tertiary/aromatic N) is 5. The lowest BCUT2D eigenvalue weighted by molar-refractivity contribution is -0.113. The molecule has 164 valence electrons. The Bertz CT molecular complexity index is 1320. The van der Waals surface area contributed by atoms with Crippen molar-refractivity contribution in [3.8, 4) is 16.4 Å². The van der Waals surface area contributed by atoms with Gasteiger partial charge in [-0.15, -0.1) is 21.5 Å². The number of aromatic nitrogens is 5. The lowest BCUT2D eigenvalue weighted by atomic mass is 10.3. The van der Waals surface area contributed by atoms with Gasteiger partial charge in [0.2, 0.25) is 5.91 Å². The summed E-state index contributed by atoms with van der Waals surface area (Å²) in [4.78, 5) is 26.8. The summed E-state index contributed by atoms with van der Waals surface area (Å²) in [6, 6.07) is 13.8. The molecule has 0 radical (unpaired) electrons. The zero-order valence-corrected chi connectivity index (χ0v) is 19.3. The average molecular weight is 467 g/mol. The van der Waals surface area contributed by atoms with Crippen LogP contribution in [0.15, 0.2) is 57.8 Å². The third-order valence-corrected chi connectivity index (χ3v) is 7.28. The van der Waals surface area contributed by atoms with Gasteiger partial charge in [-0.05, 0) is 43.3 Å². The molecule has 0 atom stereocenters. The highest BCUT2D eigenvalue weighted by Gasteiger charge is 2.30. The molecule has 32 heavy (non-hydrogen) atoms. The van der Waals surface area contributed by atoms with Crippen LogP contribution in [0.25, 0.3) is 16.4 Å². The highest BCUT2D eigenvalue weighted by molar-refractivity contribution is 7.99. The number of carbonyl (C=O) groups is 1. The van der Waals surface area contributed by atoms with Crippen molar-refractivity contribution in [1.82, 2.24) is 24.1 Å². The highest BCUT2D eigenvalue weighted by atomic mass is 32.2. The van der Waals surface area contributed by atoms with Gasteiger partial charge < -0.3 is 5.32 Å². The van der Waals surface area contributed by atoms with Crippen LogP contribution in [0.5, 0.6) is 0 Å². The number of amides is 1. The van der Waals surface area contributed by atoms with Gasteiger partial charge in [-0.1, -0.05) is 36.0 Å². The molecular weight excluding hydrogens is 444 g/mol. The summed E-state index contributed by atoms with van der Waals surface area (Å²) in [5.74, 6) is 0.757.